The molecule has 20 heavy (non-hydrogen) atoms. The summed E-state index contributed by atoms with van der Waals surface area (Å²) in [5, 5.41) is 14.9. The molecular formula is C15H19BrN2O2. The van der Waals surface area contributed by atoms with Gasteiger partial charge in [-0.2, -0.15) is 5.10 Å². The molecule has 0 saturated heterocycles. The lowest BCUT2D eigenvalue weighted by Crippen LogP contribution is -2.16. The van der Waals surface area contributed by atoms with E-state index < -0.39 is 6.10 Å². The Morgan fingerprint density at radius 1 is 1.35 bits per heavy atom. The maximum Gasteiger partial charge on any atom is 0.103 e. The summed E-state index contributed by atoms with van der Waals surface area (Å²) in [6, 6.07) is 9.99. The van der Waals surface area contributed by atoms with Crippen molar-refractivity contribution in [1.29, 1.82) is 0 Å². The summed E-state index contributed by atoms with van der Waals surface area (Å²) in [5.74, 6) is -0.00880. The molecule has 1 N–H and O–H groups in total. The molecule has 5 heteroatoms. The highest BCUT2D eigenvalue weighted by molar-refractivity contribution is 9.10. The van der Waals surface area contributed by atoms with E-state index in [0.717, 1.165) is 15.7 Å². The van der Waals surface area contributed by atoms with Gasteiger partial charge in [0, 0.05) is 13.0 Å². The van der Waals surface area contributed by atoms with Crippen LogP contribution in [0.4, 0.5) is 0 Å². The van der Waals surface area contributed by atoms with Crippen molar-refractivity contribution in [2.45, 2.75) is 25.5 Å². The fraction of sp³-hybridized carbons (Fsp3) is 0.400. The SMILES string of the molecule is COCCn1ncc(Br)c1C(O)C(C)c1ccccc1. The second kappa shape index (κ2) is 7.02. The summed E-state index contributed by atoms with van der Waals surface area (Å²) >= 11 is 3.47. The molecule has 2 atom stereocenters. The second-order valence-electron chi connectivity index (χ2n) is 4.74. The van der Waals surface area contributed by atoms with E-state index in [1.54, 1.807) is 18.0 Å². The van der Waals surface area contributed by atoms with E-state index in [1.165, 1.54) is 0 Å². The lowest BCUT2D eigenvalue weighted by atomic mass is 9.93. The van der Waals surface area contributed by atoms with Gasteiger partial charge in [-0.3, -0.25) is 4.68 Å². The zero-order chi connectivity index (χ0) is 14.5. The summed E-state index contributed by atoms with van der Waals surface area (Å²) < 4.78 is 7.69. The third-order valence-corrected chi connectivity index (χ3v) is 4.03. The molecule has 2 aromatic rings. The molecule has 2 unspecified atom stereocenters. The highest BCUT2D eigenvalue weighted by Gasteiger charge is 2.24. The Bertz CT molecular complexity index is 542. The Labute approximate surface area is 127 Å². The highest BCUT2D eigenvalue weighted by atomic mass is 79.9. The standard InChI is InChI=1S/C15H19BrN2O2/c1-11(12-6-4-3-5-7-12)15(19)14-13(16)10-17-18(14)8-9-20-2/h3-7,10-11,15,19H,8-9H2,1-2H3. The van der Waals surface area contributed by atoms with E-state index in [9.17, 15) is 5.11 Å². The molecule has 0 aliphatic carbocycles. The molecule has 1 aromatic heterocycles. The van der Waals surface area contributed by atoms with Crippen molar-refractivity contribution in [3.05, 3.63) is 52.3 Å². The summed E-state index contributed by atoms with van der Waals surface area (Å²) in [6.45, 7) is 3.20. The predicted octanol–water partition coefficient (Wildman–Crippen LogP) is 3.13. The fourth-order valence-corrected chi connectivity index (χ4v) is 2.73. The van der Waals surface area contributed by atoms with Crippen LogP contribution in [-0.4, -0.2) is 28.6 Å². The molecule has 0 aliphatic rings. The molecule has 1 heterocycles. The molecule has 1 aromatic carbocycles. The van der Waals surface area contributed by atoms with Gasteiger partial charge in [-0.15, -0.1) is 0 Å². The van der Waals surface area contributed by atoms with E-state index in [2.05, 4.69) is 21.0 Å². The number of halogens is 1. The Hall–Kier alpha value is -1.17. The van der Waals surface area contributed by atoms with Gasteiger partial charge >= 0.3 is 0 Å². The van der Waals surface area contributed by atoms with Crippen molar-refractivity contribution < 1.29 is 9.84 Å². The summed E-state index contributed by atoms with van der Waals surface area (Å²) in [5.41, 5.74) is 1.89. The van der Waals surface area contributed by atoms with E-state index in [-0.39, 0.29) is 5.92 Å². The van der Waals surface area contributed by atoms with Crippen LogP contribution in [0.5, 0.6) is 0 Å². The first-order valence-corrected chi connectivity index (χ1v) is 7.37. The van der Waals surface area contributed by atoms with Gasteiger partial charge in [0.25, 0.3) is 0 Å². The summed E-state index contributed by atoms with van der Waals surface area (Å²) in [7, 11) is 1.65. The first-order chi connectivity index (χ1) is 9.65. The Morgan fingerprint density at radius 2 is 2.05 bits per heavy atom. The monoisotopic (exact) mass is 338 g/mol. The van der Waals surface area contributed by atoms with Crippen LogP contribution in [0.15, 0.2) is 41.0 Å². The van der Waals surface area contributed by atoms with Gasteiger partial charge in [-0.25, -0.2) is 0 Å². The normalized spacial score (nSPS) is 14.2. The van der Waals surface area contributed by atoms with Crippen LogP contribution in [0.25, 0.3) is 0 Å². The molecule has 0 bridgehead atoms. The zero-order valence-electron chi connectivity index (χ0n) is 11.7. The van der Waals surface area contributed by atoms with Gasteiger partial charge in [0.1, 0.15) is 6.10 Å². The number of hydrogen-bond donors (Lipinski definition) is 1. The van der Waals surface area contributed by atoms with Crippen LogP contribution in [0, 0.1) is 0 Å². The molecule has 0 saturated carbocycles. The molecule has 0 radical (unpaired) electrons. The third-order valence-electron chi connectivity index (χ3n) is 3.42. The molecule has 2 rings (SSSR count). The fourth-order valence-electron chi connectivity index (χ4n) is 2.20. The minimum Gasteiger partial charge on any atom is -0.386 e. The number of ether oxygens (including phenoxy) is 1. The number of aromatic nitrogens is 2. The van der Waals surface area contributed by atoms with E-state index in [1.807, 2.05) is 37.3 Å². The molecule has 0 aliphatic heterocycles. The van der Waals surface area contributed by atoms with Crippen LogP contribution in [-0.2, 0) is 11.3 Å². The van der Waals surface area contributed by atoms with E-state index >= 15 is 0 Å². The largest absolute Gasteiger partial charge is 0.386 e. The number of rotatable bonds is 6. The van der Waals surface area contributed by atoms with Gasteiger partial charge in [0.15, 0.2) is 0 Å². The maximum atomic E-state index is 10.7. The van der Waals surface area contributed by atoms with Crippen molar-refractivity contribution in [1.82, 2.24) is 9.78 Å². The third kappa shape index (κ3) is 3.29. The Balaban J connectivity index is 2.24. The lowest BCUT2D eigenvalue weighted by Gasteiger charge is -2.21. The van der Waals surface area contributed by atoms with Crippen molar-refractivity contribution in [2.24, 2.45) is 0 Å². The van der Waals surface area contributed by atoms with Gasteiger partial charge < -0.3 is 9.84 Å². The molecule has 0 spiro atoms. The molecule has 4 nitrogen and oxygen atoms in total. The Morgan fingerprint density at radius 3 is 2.70 bits per heavy atom. The first kappa shape index (κ1) is 15.2. The topological polar surface area (TPSA) is 47.3 Å². The lowest BCUT2D eigenvalue weighted by molar-refractivity contribution is 0.133. The van der Waals surface area contributed by atoms with Crippen LogP contribution in [0.1, 0.15) is 30.2 Å². The number of aliphatic hydroxyl groups excluding tert-OH is 1. The van der Waals surface area contributed by atoms with E-state index in [0.29, 0.717) is 13.2 Å². The molecular weight excluding hydrogens is 320 g/mol. The number of nitrogens with zero attached hydrogens (tertiary/aromatic N) is 2. The quantitative estimate of drug-likeness (QED) is 0.880. The van der Waals surface area contributed by atoms with Gasteiger partial charge in [0.05, 0.1) is 29.5 Å². The molecule has 0 amide bonds. The minimum atomic E-state index is -0.619. The minimum absolute atomic E-state index is 0.00880. The van der Waals surface area contributed by atoms with Crippen molar-refractivity contribution in [2.75, 3.05) is 13.7 Å². The van der Waals surface area contributed by atoms with Crippen LogP contribution in [0.2, 0.25) is 0 Å². The average Bonchev–Trinajstić information content (AvgIpc) is 2.85. The van der Waals surface area contributed by atoms with Crippen LogP contribution < -0.4 is 0 Å². The number of methoxy groups -OCH3 is 1. The Kier molecular flexibility index (Phi) is 5.34. The second-order valence-corrected chi connectivity index (χ2v) is 5.59. The van der Waals surface area contributed by atoms with Gasteiger partial charge in [0.2, 0.25) is 0 Å². The number of hydrogen-bond acceptors (Lipinski definition) is 3. The highest BCUT2D eigenvalue weighted by Crippen LogP contribution is 2.34. The van der Waals surface area contributed by atoms with Crippen molar-refractivity contribution in [3.8, 4) is 0 Å². The summed E-state index contributed by atoms with van der Waals surface area (Å²) in [4.78, 5) is 0. The first-order valence-electron chi connectivity index (χ1n) is 6.58. The van der Waals surface area contributed by atoms with Gasteiger partial charge in [-0.1, -0.05) is 37.3 Å². The number of benzene rings is 1. The maximum absolute atomic E-state index is 10.7. The van der Waals surface area contributed by atoms with Crippen LogP contribution >= 0.6 is 15.9 Å². The smallest absolute Gasteiger partial charge is 0.103 e. The predicted molar refractivity (Wildman–Crippen MR) is 81.6 cm³/mol. The van der Waals surface area contributed by atoms with Crippen molar-refractivity contribution in [3.63, 3.8) is 0 Å². The van der Waals surface area contributed by atoms with E-state index in [4.69, 9.17) is 4.74 Å². The molecule has 0 fully saturated rings. The van der Waals surface area contributed by atoms with Crippen molar-refractivity contribution >= 4 is 15.9 Å². The summed E-state index contributed by atoms with van der Waals surface area (Å²) in [6.07, 6.45) is 1.09. The molecule has 108 valence electrons. The number of aliphatic hydroxyl groups is 1. The van der Waals surface area contributed by atoms with Gasteiger partial charge in [-0.05, 0) is 21.5 Å². The average molecular weight is 339 g/mol. The zero-order valence-corrected chi connectivity index (χ0v) is 13.2. The van der Waals surface area contributed by atoms with Crippen LogP contribution in [0.3, 0.4) is 0 Å².